The number of H-pyrrole nitrogens is 1. The quantitative estimate of drug-likeness (QED) is 0.0747. The Morgan fingerprint density at radius 1 is 0.660 bits per heavy atom. The molecule has 21 nitrogen and oxygen atoms in total. The number of nitrogens with one attached hydrogen (secondary N) is 3. The van der Waals surface area contributed by atoms with Crippen LogP contribution in [0.3, 0.4) is 0 Å². The van der Waals surface area contributed by atoms with Gasteiger partial charge in [0.2, 0.25) is 11.9 Å². The largest absolute Gasteiger partial charge is 0.505 e. The van der Waals surface area contributed by atoms with Crippen LogP contribution in [0.25, 0.3) is 10.8 Å². The summed E-state index contributed by atoms with van der Waals surface area (Å²) in [5.41, 5.74) is -2.94. The molecule has 50 heavy (non-hydrogen) atoms. The minimum atomic E-state index is -5.30. The highest BCUT2D eigenvalue weighted by atomic mass is 32.2. The van der Waals surface area contributed by atoms with Crippen molar-refractivity contribution in [2.75, 3.05) is 10.6 Å². The van der Waals surface area contributed by atoms with Crippen molar-refractivity contribution in [3.05, 3.63) is 77.2 Å². The topological polar surface area (TPSA) is 345 Å². The highest BCUT2D eigenvalue weighted by molar-refractivity contribution is 7.86. The Bertz CT molecular complexity index is 2740. The summed E-state index contributed by atoms with van der Waals surface area (Å²) < 4.78 is 134. The third kappa shape index (κ3) is 7.90. The number of hydrogen-bond donors (Lipinski definition) is 8. The van der Waals surface area contributed by atoms with E-state index in [0.29, 0.717) is 12.1 Å². The molecule has 0 saturated heterocycles. The van der Waals surface area contributed by atoms with E-state index >= 15 is 0 Å². The zero-order valence-electron chi connectivity index (χ0n) is 24.2. The van der Waals surface area contributed by atoms with Crippen molar-refractivity contribution in [3.63, 3.8) is 0 Å². The Kier molecular flexibility index (Phi) is 9.19. The SMILES string of the molecule is O=c1nc(Nc2cc(S(=O)(=O)O)cc3cc(S(=O)(=O)O)c(N=Nc4ccccc4S(=O)(=O)O)c(O)c23)nc(Nc2ccc(S(=O)(=O)O)cc2)[nH]1. The highest BCUT2D eigenvalue weighted by Gasteiger charge is 2.26. The molecule has 5 aromatic rings. The average Bonchev–Trinajstić information content (AvgIpc) is 2.98. The molecule has 0 amide bonds. The summed E-state index contributed by atoms with van der Waals surface area (Å²) in [6.45, 7) is 0. The first kappa shape index (κ1) is 35.9. The molecule has 262 valence electrons. The van der Waals surface area contributed by atoms with Gasteiger partial charge in [0.25, 0.3) is 40.5 Å². The molecule has 5 rings (SSSR count). The van der Waals surface area contributed by atoms with E-state index < -0.39 is 105 Å². The summed E-state index contributed by atoms with van der Waals surface area (Å²) in [4.78, 5) is 19.0. The smallest absolute Gasteiger partial charge is 0.351 e. The van der Waals surface area contributed by atoms with E-state index in [1.54, 1.807) is 0 Å². The van der Waals surface area contributed by atoms with Crippen molar-refractivity contribution < 1.29 is 57.0 Å². The second kappa shape index (κ2) is 12.8. The molecule has 0 fully saturated rings. The number of azo groups is 1. The second-order valence-corrected chi connectivity index (χ2v) is 15.4. The van der Waals surface area contributed by atoms with Gasteiger partial charge in [0.15, 0.2) is 5.75 Å². The zero-order chi connectivity index (χ0) is 36.8. The van der Waals surface area contributed by atoms with Gasteiger partial charge < -0.3 is 15.7 Å². The molecule has 1 aromatic heterocycles. The summed E-state index contributed by atoms with van der Waals surface area (Å²) in [5.74, 6) is -2.04. The minimum Gasteiger partial charge on any atom is -0.505 e. The van der Waals surface area contributed by atoms with Crippen molar-refractivity contribution in [3.8, 4) is 5.75 Å². The lowest BCUT2D eigenvalue weighted by Gasteiger charge is -2.15. The summed E-state index contributed by atoms with van der Waals surface area (Å²) >= 11 is 0. The van der Waals surface area contributed by atoms with E-state index in [1.165, 1.54) is 24.3 Å². The van der Waals surface area contributed by atoms with Crippen molar-refractivity contribution in [2.45, 2.75) is 19.6 Å². The molecule has 0 aliphatic heterocycles. The number of nitrogens with zero attached hydrogens (tertiary/aromatic N) is 4. The second-order valence-electron chi connectivity index (χ2n) is 9.81. The molecule has 0 aliphatic carbocycles. The molecule has 25 heteroatoms. The predicted molar refractivity (Wildman–Crippen MR) is 171 cm³/mol. The zero-order valence-corrected chi connectivity index (χ0v) is 27.4. The monoisotopic (exact) mass is 769 g/mol. The van der Waals surface area contributed by atoms with Crippen LogP contribution in [0.15, 0.2) is 101 Å². The maximum atomic E-state index is 12.4. The van der Waals surface area contributed by atoms with Crippen molar-refractivity contribution in [1.29, 1.82) is 0 Å². The van der Waals surface area contributed by atoms with Crippen LogP contribution >= 0.6 is 0 Å². The summed E-state index contributed by atoms with van der Waals surface area (Å²) in [6, 6.07) is 11.0. The molecule has 0 atom stereocenters. The van der Waals surface area contributed by atoms with Gasteiger partial charge in [0.05, 0.1) is 15.5 Å². The number of benzene rings is 4. The molecule has 0 bridgehead atoms. The van der Waals surface area contributed by atoms with Crippen LogP contribution < -0.4 is 16.3 Å². The third-order valence-corrected chi connectivity index (χ3v) is 9.88. The van der Waals surface area contributed by atoms with Crippen molar-refractivity contribution in [1.82, 2.24) is 15.0 Å². The van der Waals surface area contributed by atoms with Gasteiger partial charge in [-0.15, -0.1) is 10.2 Å². The van der Waals surface area contributed by atoms with Gasteiger partial charge in [-0.05, 0) is 60.0 Å². The lowest BCUT2D eigenvalue weighted by atomic mass is 10.1. The van der Waals surface area contributed by atoms with Gasteiger partial charge in [0.1, 0.15) is 21.2 Å². The first-order valence-electron chi connectivity index (χ1n) is 13.0. The number of aromatic amines is 1. The number of hydrogen-bond acceptors (Lipinski definition) is 16. The average molecular weight is 770 g/mol. The number of anilines is 4. The van der Waals surface area contributed by atoms with E-state index in [2.05, 4.69) is 35.8 Å². The molecule has 0 unspecified atom stereocenters. The Morgan fingerprint density at radius 3 is 1.88 bits per heavy atom. The number of phenolic OH excluding ortho intramolecular Hbond substituents is 1. The van der Waals surface area contributed by atoms with Gasteiger partial charge in [-0.2, -0.15) is 43.6 Å². The molecule has 0 aliphatic rings. The van der Waals surface area contributed by atoms with Crippen molar-refractivity contribution in [2.24, 2.45) is 10.2 Å². The molecular weight excluding hydrogens is 751 g/mol. The lowest BCUT2D eigenvalue weighted by molar-refractivity contribution is 0.472. The fraction of sp³-hybridized carbons (Fsp3) is 0. The molecular formula is C25H19N7O14S4. The van der Waals surface area contributed by atoms with Crippen molar-refractivity contribution >= 4 is 85.9 Å². The number of rotatable bonds is 10. The number of fused-ring (bicyclic) bond motifs is 1. The Balaban J connectivity index is 1.69. The van der Waals surface area contributed by atoms with Gasteiger partial charge >= 0.3 is 5.69 Å². The van der Waals surface area contributed by atoms with Crippen LogP contribution in [0.5, 0.6) is 5.75 Å². The fourth-order valence-electron chi connectivity index (χ4n) is 4.33. The predicted octanol–water partition coefficient (Wildman–Crippen LogP) is 2.91. The van der Waals surface area contributed by atoms with Gasteiger partial charge in [-0.3, -0.25) is 23.2 Å². The Hall–Kier alpha value is -5.41. The van der Waals surface area contributed by atoms with Crippen LogP contribution in [0.2, 0.25) is 0 Å². The van der Waals surface area contributed by atoms with Gasteiger partial charge in [-0.1, -0.05) is 12.1 Å². The van der Waals surface area contributed by atoms with E-state index in [0.717, 1.165) is 30.3 Å². The highest BCUT2D eigenvalue weighted by Crippen LogP contribution is 2.45. The van der Waals surface area contributed by atoms with E-state index in [4.69, 9.17) is 4.55 Å². The Morgan fingerprint density at radius 2 is 1.28 bits per heavy atom. The Labute approximate surface area is 280 Å². The molecule has 0 saturated carbocycles. The summed E-state index contributed by atoms with van der Waals surface area (Å²) in [5, 5.41) is 22.7. The minimum absolute atomic E-state index is 0.150. The molecule has 8 N–H and O–H groups in total. The van der Waals surface area contributed by atoms with Crippen LogP contribution in [0, 0.1) is 0 Å². The van der Waals surface area contributed by atoms with E-state index in [9.17, 15) is 57.2 Å². The molecule has 4 aromatic carbocycles. The van der Waals surface area contributed by atoms with E-state index in [1.807, 2.05) is 0 Å². The molecule has 0 radical (unpaired) electrons. The molecule has 1 heterocycles. The molecule has 0 spiro atoms. The van der Waals surface area contributed by atoms with Crippen LogP contribution in [-0.2, 0) is 40.5 Å². The number of phenols is 1. The first-order chi connectivity index (χ1) is 23.1. The summed E-state index contributed by atoms with van der Waals surface area (Å²) in [6.07, 6.45) is 0. The number of aromatic nitrogens is 3. The first-order valence-corrected chi connectivity index (χ1v) is 18.7. The van der Waals surface area contributed by atoms with Crippen LogP contribution in [0.4, 0.5) is 34.6 Å². The standard InChI is InChI=1S/C25H19N7O14S4/c33-22-20-12(10-19(50(44,45)46)21(22)32-31-16-3-1-2-4-18(16)49(41,42)43)9-15(48(38,39)40)11-17(20)27-24-28-23(29-25(34)30-24)26-13-5-7-14(8-6-13)47(35,36)37/h1-11,33H,(H,35,36,37)(H,38,39,40)(H,41,42,43)(H,44,45,46)(H3,26,27,28,29,30,34). The third-order valence-electron chi connectivity index (χ3n) is 6.41. The maximum absolute atomic E-state index is 12.4. The summed E-state index contributed by atoms with van der Waals surface area (Å²) in [7, 11) is -19.7. The normalized spacial score (nSPS) is 12.7. The number of aromatic hydroxyl groups is 1. The van der Waals surface area contributed by atoms with Crippen LogP contribution in [-0.4, -0.2) is 71.9 Å². The fourth-order valence-corrected chi connectivity index (χ4v) is 6.63. The van der Waals surface area contributed by atoms with Gasteiger partial charge in [-0.25, -0.2) is 4.79 Å². The van der Waals surface area contributed by atoms with E-state index in [-0.39, 0.29) is 11.6 Å². The lowest BCUT2D eigenvalue weighted by Crippen LogP contribution is -2.16. The van der Waals surface area contributed by atoms with Crippen LogP contribution in [0.1, 0.15) is 0 Å². The maximum Gasteiger partial charge on any atom is 0.351 e. The van der Waals surface area contributed by atoms with Gasteiger partial charge in [0, 0.05) is 11.1 Å².